The molecule has 4 heteroatoms. The van der Waals surface area contributed by atoms with Crippen molar-refractivity contribution in [1.82, 2.24) is 4.90 Å². The van der Waals surface area contributed by atoms with Crippen molar-refractivity contribution < 1.29 is 4.74 Å². The van der Waals surface area contributed by atoms with E-state index in [-0.39, 0.29) is 0 Å². The van der Waals surface area contributed by atoms with Crippen molar-refractivity contribution in [2.75, 3.05) is 19.9 Å². The van der Waals surface area contributed by atoms with Gasteiger partial charge in [0.2, 0.25) is 0 Å². The minimum Gasteiger partial charge on any atom is -0.496 e. The van der Waals surface area contributed by atoms with Gasteiger partial charge in [-0.05, 0) is 36.9 Å². The molecule has 0 atom stereocenters. The molecule has 0 saturated carbocycles. The van der Waals surface area contributed by atoms with Crippen LogP contribution in [0.5, 0.6) is 5.75 Å². The molecule has 0 amide bonds. The predicted molar refractivity (Wildman–Crippen MR) is 86.7 cm³/mol. The second-order valence-electron chi connectivity index (χ2n) is 4.83. The number of nitrogen functional groups attached to an aromatic ring is 1. The molecule has 2 aromatic carbocycles. The third-order valence-corrected chi connectivity index (χ3v) is 3.92. The van der Waals surface area contributed by atoms with Gasteiger partial charge in [-0.25, -0.2) is 0 Å². The molecule has 0 heterocycles. The lowest BCUT2D eigenvalue weighted by molar-refractivity contribution is 0.309. The minimum atomic E-state index is 0.759. The van der Waals surface area contributed by atoms with Gasteiger partial charge in [-0.1, -0.05) is 34.1 Å². The van der Waals surface area contributed by atoms with Crippen LogP contribution in [0.4, 0.5) is 5.69 Å². The first-order valence-corrected chi connectivity index (χ1v) is 7.24. The average Bonchev–Trinajstić information content (AvgIpc) is 2.41. The lowest BCUT2D eigenvalue weighted by atomic mass is 10.1. The highest BCUT2D eigenvalue weighted by Gasteiger charge is 2.08. The molecular formula is C16H19BrN2O. The number of anilines is 1. The molecule has 0 aliphatic carbocycles. The van der Waals surface area contributed by atoms with Crippen LogP contribution in [-0.2, 0) is 13.1 Å². The molecule has 106 valence electrons. The van der Waals surface area contributed by atoms with Crippen molar-refractivity contribution in [2.45, 2.75) is 13.1 Å². The lowest BCUT2D eigenvalue weighted by Crippen LogP contribution is -2.18. The Balaban J connectivity index is 2.10. The van der Waals surface area contributed by atoms with E-state index in [9.17, 15) is 0 Å². The first-order chi connectivity index (χ1) is 9.60. The zero-order chi connectivity index (χ0) is 14.5. The normalized spacial score (nSPS) is 10.8. The van der Waals surface area contributed by atoms with Crippen LogP contribution in [-0.4, -0.2) is 19.1 Å². The van der Waals surface area contributed by atoms with Crippen LogP contribution >= 0.6 is 15.9 Å². The van der Waals surface area contributed by atoms with Crippen molar-refractivity contribution in [3.05, 3.63) is 58.1 Å². The van der Waals surface area contributed by atoms with Crippen molar-refractivity contribution in [3.8, 4) is 5.75 Å². The molecule has 20 heavy (non-hydrogen) atoms. The van der Waals surface area contributed by atoms with Gasteiger partial charge in [-0.2, -0.15) is 0 Å². The Bertz CT molecular complexity index is 586. The fourth-order valence-electron chi connectivity index (χ4n) is 2.19. The van der Waals surface area contributed by atoms with Gasteiger partial charge in [0.1, 0.15) is 5.75 Å². The first kappa shape index (κ1) is 14.9. The standard InChI is InChI=1S/C16H19BrN2O/c1-19(10-12-5-3-4-6-15(12)17)11-13-9-14(18)7-8-16(13)20-2/h3-9H,10-11,18H2,1-2H3. The maximum atomic E-state index is 5.85. The third-order valence-electron chi connectivity index (χ3n) is 3.14. The summed E-state index contributed by atoms with van der Waals surface area (Å²) in [6.07, 6.45) is 0. The molecule has 2 aromatic rings. The second-order valence-corrected chi connectivity index (χ2v) is 5.69. The van der Waals surface area contributed by atoms with Crippen molar-refractivity contribution in [3.63, 3.8) is 0 Å². The number of hydrogen-bond acceptors (Lipinski definition) is 3. The molecular weight excluding hydrogens is 316 g/mol. The van der Waals surface area contributed by atoms with Crippen LogP contribution in [0.2, 0.25) is 0 Å². The van der Waals surface area contributed by atoms with Gasteiger partial charge in [-0.3, -0.25) is 4.90 Å². The van der Waals surface area contributed by atoms with E-state index in [4.69, 9.17) is 10.5 Å². The molecule has 2 rings (SSSR count). The van der Waals surface area contributed by atoms with Gasteiger partial charge < -0.3 is 10.5 Å². The summed E-state index contributed by atoms with van der Waals surface area (Å²) in [5.74, 6) is 0.873. The summed E-state index contributed by atoms with van der Waals surface area (Å²) in [6.45, 7) is 1.65. The summed E-state index contributed by atoms with van der Waals surface area (Å²) < 4.78 is 6.51. The highest BCUT2D eigenvalue weighted by atomic mass is 79.9. The van der Waals surface area contributed by atoms with Gasteiger partial charge in [0.05, 0.1) is 7.11 Å². The van der Waals surface area contributed by atoms with Crippen molar-refractivity contribution >= 4 is 21.6 Å². The Morgan fingerprint density at radius 1 is 1.10 bits per heavy atom. The van der Waals surface area contributed by atoms with Crippen molar-refractivity contribution in [2.24, 2.45) is 0 Å². The molecule has 3 nitrogen and oxygen atoms in total. The molecule has 0 saturated heterocycles. The summed E-state index contributed by atoms with van der Waals surface area (Å²) in [6, 6.07) is 14.0. The van der Waals surface area contributed by atoms with E-state index in [0.717, 1.165) is 34.6 Å². The smallest absolute Gasteiger partial charge is 0.123 e. The fraction of sp³-hybridized carbons (Fsp3) is 0.250. The molecule has 0 fully saturated rings. The van der Waals surface area contributed by atoms with Crippen LogP contribution in [0.25, 0.3) is 0 Å². The molecule has 0 aromatic heterocycles. The topological polar surface area (TPSA) is 38.5 Å². The predicted octanol–water partition coefficient (Wildman–Crippen LogP) is 3.67. The van der Waals surface area contributed by atoms with Crippen LogP contribution in [0, 0.1) is 0 Å². The number of nitrogens with two attached hydrogens (primary N) is 1. The monoisotopic (exact) mass is 334 g/mol. The minimum absolute atomic E-state index is 0.759. The van der Waals surface area contributed by atoms with E-state index < -0.39 is 0 Å². The molecule has 0 aliphatic rings. The van der Waals surface area contributed by atoms with Gasteiger partial charge in [-0.15, -0.1) is 0 Å². The summed E-state index contributed by atoms with van der Waals surface area (Å²) in [4.78, 5) is 2.23. The quantitative estimate of drug-likeness (QED) is 0.848. The zero-order valence-corrected chi connectivity index (χ0v) is 13.4. The summed E-state index contributed by atoms with van der Waals surface area (Å²) in [5.41, 5.74) is 8.97. The van der Waals surface area contributed by atoms with Crippen LogP contribution in [0.1, 0.15) is 11.1 Å². The Morgan fingerprint density at radius 2 is 1.80 bits per heavy atom. The van der Waals surface area contributed by atoms with Crippen LogP contribution in [0.3, 0.4) is 0 Å². The van der Waals surface area contributed by atoms with Gasteiger partial charge in [0.25, 0.3) is 0 Å². The summed E-state index contributed by atoms with van der Waals surface area (Å²) >= 11 is 3.58. The maximum absolute atomic E-state index is 5.85. The first-order valence-electron chi connectivity index (χ1n) is 6.44. The van der Waals surface area contributed by atoms with Gasteiger partial charge in [0.15, 0.2) is 0 Å². The van der Waals surface area contributed by atoms with E-state index in [2.05, 4.69) is 46.1 Å². The zero-order valence-electron chi connectivity index (χ0n) is 11.8. The number of ether oxygens (including phenoxy) is 1. The van der Waals surface area contributed by atoms with E-state index in [1.807, 2.05) is 24.3 Å². The van der Waals surface area contributed by atoms with E-state index in [0.29, 0.717) is 0 Å². The van der Waals surface area contributed by atoms with E-state index >= 15 is 0 Å². The molecule has 0 spiro atoms. The second kappa shape index (κ2) is 6.77. The molecule has 0 unspecified atom stereocenters. The maximum Gasteiger partial charge on any atom is 0.123 e. The Kier molecular flexibility index (Phi) is 5.04. The number of rotatable bonds is 5. The lowest BCUT2D eigenvalue weighted by Gasteiger charge is -2.19. The Labute approximate surface area is 128 Å². The molecule has 0 bridgehead atoms. The number of nitrogens with zero attached hydrogens (tertiary/aromatic N) is 1. The third kappa shape index (κ3) is 3.74. The summed E-state index contributed by atoms with van der Waals surface area (Å²) in [5, 5.41) is 0. The SMILES string of the molecule is COc1ccc(N)cc1CN(C)Cc1ccccc1Br. The number of hydrogen-bond donors (Lipinski definition) is 1. The van der Waals surface area contributed by atoms with Gasteiger partial charge in [0, 0.05) is 28.8 Å². The average molecular weight is 335 g/mol. The van der Waals surface area contributed by atoms with E-state index in [1.165, 1.54) is 5.56 Å². The highest BCUT2D eigenvalue weighted by molar-refractivity contribution is 9.10. The molecule has 2 N–H and O–H groups in total. The number of halogens is 1. The Morgan fingerprint density at radius 3 is 2.50 bits per heavy atom. The van der Waals surface area contributed by atoms with E-state index in [1.54, 1.807) is 7.11 Å². The molecule has 0 radical (unpaired) electrons. The molecule has 0 aliphatic heterocycles. The van der Waals surface area contributed by atoms with Crippen LogP contribution in [0.15, 0.2) is 46.9 Å². The Hall–Kier alpha value is -1.52. The largest absolute Gasteiger partial charge is 0.496 e. The van der Waals surface area contributed by atoms with Gasteiger partial charge >= 0.3 is 0 Å². The number of methoxy groups -OCH3 is 1. The van der Waals surface area contributed by atoms with Crippen LogP contribution < -0.4 is 10.5 Å². The number of benzene rings is 2. The highest BCUT2D eigenvalue weighted by Crippen LogP contribution is 2.24. The fourth-order valence-corrected chi connectivity index (χ4v) is 2.60. The van der Waals surface area contributed by atoms with Crippen molar-refractivity contribution in [1.29, 1.82) is 0 Å². The summed E-state index contributed by atoms with van der Waals surface area (Å²) in [7, 11) is 3.77.